The van der Waals surface area contributed by atoms with Crippen LogP contribution in [0.3, 0.4) is 0 Å². The number of rotatable bonds is 5. The molecule has 0 bridgehead atoms. The first-order valence-electron chi connectivity index (χ1n) is 4.30. The molecular weight excluding hydrogens is 238 g/mol. The van der Waals surface area contributed by atoms with Crippen LogP contribution in [0, 0.1) is 0 Å². The highest BCUT2D eigenvalue weighted by Crippen LogP contribution is 2.14. The number of primary sulfonamides is 1. The van der Waals surface area contributed by atoms with Gasteiger partial charge >= 0.3 is 0 Å². The quantitative estimate of drug-likeness (QED) is 0.797. The molecule has 0 aliphatic rings. The lowest BCUT2D eigenvalue weighted by atomic mass is 10.2. The molecule has 1 aromatic rings. The van der Waals surface area contributed by atoms with Crippen LogP contribution in [0.2, 0.25) is 0 Å². The summed E-state index contributed by atoms with van der Waals surface area (Å²) in [5.41, 5.74) is 0. The second-order valence-electron chi connectivity index (χ2n) is 2.97. The third kappa shape index (κ3) is 3.65. The van der Waals surface area contributed by atoms with Gasteiger partial charge in [0.2, 0.25) is 4.34 Å². The average molecular weight is 249 g/mol. The predicted molar refractivity (Wildman–Crippen MR) is 54.9 cm³/mol. The van der Waals surface area contributed by atoms with Gasteiger partial charge in [-0.25, -0.2) is 13.6 Å². The maximum absolute atomic E-state index is 11.2. The molecule has 1 heterocycles. The molecule has 0 radical (unpaired) electrons. The molecular formula is C7H11N3O3S2. The van der Waals surface area contributed by atoms with Crippen LogP contribution in [0.5, 0.6) is 0 Å². The summed E-state index contributed by atoms with van der Waals surface area (Å²) in [5, 5.41) is 12.2. The van der Waals surface area contributed by atoms with Crippen molar-refractivity contribution in [2.24, 2.45) is 5.14 Å². The lowest BCUT2D eigenvalue weighted by Gasteiger charge is -1.92. The minimum atomic E-state index is -3.80. The molecule has 0 aliphatic carbocycles. The van der Waals surface area contributed by atoms with E-state index < -0.39 is 10.0 Å². The van der Waals surface area contributed by atoms with Crippen molar-refractivity contribution in [1.29, 1.82) is 0 Å². The maximum Gasteiger partial charge on any atom is 0.267 e. The minimum Gasteiger partial charge on any atom is -0.299 e. The van der Waals surface area contributed by atoms with Gasteiger partial charge in [0.25, 0.3) is 10.0 Å². The first-order valence-corrected chi connectivity index (χ1v) is 6.66. The van der Waals surface area contributed by atoms with Gasteiger partial charge in [0.15, 0.2) is 0 Å². The summed E-state index contributed by atoms with van der Waals surface area (Å²) in [7, 11) is -3.80. The van der Waals surface area contributed by atoms with E-state index in [0.717, 1.165) is 17.8 Å². The molecule has 0 unspecified atom stereocenters. The molecule has 0 spiro atoms. The number of carbonyl (C=O) groups excluding carboxylic acids is 1. The van der Waals surface area contributed by atoms with Crippen molar-refractivity contribution in [3.63, 3.8) is 0 Å². The van der Waals surface area contributed by atoms with Gasteiger partial charge in [-0.3, -0.25) is 4.79 Å². The summed E-state index contributed by atoms with van der Waals surface area (Å²) >= 11 is 0.838. The third-order valence-corrected chi connectivity index (χ3v) is 3.80. The van der Waals surface area contributed by atoms with Crippen molar-refractivity contribution < 1.29 is 13.2 Å². The van der Waals surface area contributed by atoms with E-state index >= 15 is 0 Å². The number of nitrogens with two attached hydrogens (primary N) is 1. The smallest absolute Gasteiger partial charge is 0.267 e. The second kappa shape index (κ2) is 4.77. The second-order valence-corrected chi connectivity index (χ2v) is 5.77. The Hall–Kier alpha value is -0.860. The Kier molecular flexibility index (Phi) is 3.89. The fourth-order valence-electron chi connectivity index (χ4n) is 0.961. The molecule has 1 rings (SSSR count). The van der Waals surface area contributed by atoms with Gasteiger partial charge < -0.3 is 0 Å². The lowest BCUT2D eigenvalue weighted by molar-refractivity contribution is -0.118. The predicted octanol–water partition coefficient (Wildman–Crippen LogP) is 0.0972. The molecule has 15 heavy (non-hydrogen) atoms. The molecule has 0 fully saturated rings. The van der Waals surface area contributed by atoms with Crippen LogP contribution in [0.25, 0.3) is 0 Å². The number of sulfonamides is 1. The molecule has 2 N–H and O–H groups in total. The van der Waals surface area contributed by atoms with E-state index in [9.17, 15) is 13.2 Å². The van der Waals surface area contributed by atoms with Crippen molar-refractivity contribution >= 4 is 27.1 Å². The number of nitrogens with zero attached hydrogens (tertiary/aromatic N) is 2. The van der Waals surface area contributed by atoms with Crippen LogP contribution in [0.1, 0.15) is 24.8 Å². The van der Waals surface area contributed by atoms with Gasteiger partial charge in [-0.05, 0) is 6.42 Å². The Morgan fingerprint density at radius 2 is 2.13 bits per heavy atom. The van der Waals surface area contributed by atoms with Gasteiger partial charge in [-0.1, -0.05) is 18.3 Å². The third-order valence-electron chi connectivity index (χ3n) is 1.57. The van der Waals surface area contributed by atoms with Crippen LogP contribution in [-0.4, -0.2) is 24.4 Å². The van der Waals surface area contributed by atoms with Crippen molar-refractivity contribution in [3.8, 4) is 0 Å². The zero-order valence-corrected chi connectivity index (χ0v) is 9.77. The van der Waals surface area contributed by atoms with E-state index in [1.165, 1.54) is 0 Å². The van der Waals surface area contributed by atoms with Crippen molar-refractivity contribution in [2.75, 3.05) is 0 Å². The Bertz CT molecular complexity index is 452. The van der Waals surface area contributed by atoms with Crippen molar-refractivity contribution in [2.45, 2.75) is 30.5 Å². The fraction of sp³-hybridized carbons (Fsp3) is 0.571. The highest BCUT2D eigenvalue weighted by Gasteiger charge is 2.16. The summed E-state index contributed by atoms with van der Waals surface area (Å²) in [5.74, 6) is 0.0228. The largest absolute Gasteiger partial charge is 0.299 e. The molecule has 0 amide bonds. The van der Waals surface area contributed by atoms with Crippen LogP contribution >= 0.6 is 11.3 Å². The van der Waals surface area contributed by atoms with E-state index in [4.69, 9.17) is 5.14 Å². The molecule has 1 aromatic heterocycles. The van der Waals surface area contributed by atoms with Gasteiger partial charge in [0.05, 0.1) is 6.42 Å². The normalized spacial score (nSPS) is 11.6. The Morgan fingerprint density at radius 1 is 1.47 bits per heavy atom. The molecule has 6 nitrogen and oxygen atoms in total. The zero-order chi connectivity index (χ0) is 11.5. The first kappa shape index (κ1) is 12.2. The van der Waals surface area contributed by atoms with Crippen LogP contribution in [-0.2, 0) is 21.2 Å². The summed E-state index contributed by atoms with van der Waals surface area (Å²) in [6.45, 7) is 1.90. The van der Waals surface area contributed by atoms with Gasteiger partial charge in [-0.15, -0.1) is 10.2 Å². The lowest BCUT2D eigenvalue weighted by Crippen LogP contribution is -2.11. The highest BCUT2D eigenvalue weighted by atomic mass is 32.2. The Morgan fingerprint density at radius 3 is 2.60 bits per heavy atom. The Labute approximate surface area is 91.6 Å². The van der Waals surface area contributed by atoms with E-state index in [0.29, 0.717) is 11.4 Å². The summed E-state index contributed by atoms with van der Waals surface area (Å²) in [6, 6.07) is 0. The zero-order valence-electron chi connectivity index (χ0n) is 8.13. The standard InChI is InChI=1S/C7H11N3O3S2/c1-2-3-5(11)4-6-9-10-7(14-6)15(8,12)13/h2-4H2,1H3,(H2,8,12,13). The highest BCUT2D eigenvalue weighted by molar-refractivity contribution is 7.91. The number of hydrogen-bond donors (Lipinski definition) is 1. The Balaban J connectivity index is 2.73. The maximum atomic E-state index is 11.2. The molecule has 84 valence electrons. The van der Waals surface area contributed by atoms with Crippen LogP contribution in [0.15, 0.2) is 4.34 Å². The first-order chi connectivity index (χ1) is 6.93. The number of ketones is 1. The summed E-state index contributed by atoms with van der Waals surface area (Å²) in [4.78, 5) is 11.2. The van der Waals surface area contributed by atoms with E-state index in [1.54, 1.807) is 0 Å². The van der Waals surface area contributed by atoms with E-state index in [-0.39, 0.29) is 16.5 Å². The van der Waals surface area contributed by atoms with Crippen LogP contribution < -0.4 is 5.14 Å². The molecule has 8 heteroatoms. The van der Waals surface area contributed by atoms with E-state index in [1.807, 2.05) is 6.92 Å². The summed E-state index contributed by atoms with van der Waals surface area (Å²) in [6.07, 6.45) is 1.35. The SMILES string of the molecule is CCCC(=O)Cc1nnc(S(N)(=O)=O)s1. The van der Waals surface area contributed by atoms with Gasteiger partial charge in [0, 0.05) is 6.42 Å². The topological polar surface area (TPSA) is 103 Å². The van der Waals surface area contributed by atoms with Gasteiger partial charge in [-0.2, -0.15) is 0 Å². The number of aromatic nitrogens is 2. The molecule has 0 saturated heterocycles. The monoisotopic (exact) mass is 249 g/mol. The van der Waals surface area contributed by atoms with E-state index in [2.05, 4.69) is 10.2 Å². The van der Waals surface area contributed by atoms with Gasteiger partial charge in [0.1, 0.15) is 10.8 Å². The molecule has 0 aliphatic heterocycles. The number of carbonyl (C=O) groups is 1. The van der Waals surface area contributed by atoms with Crippen molar-refractivity contribution in [3.05, 3.63) is 5.01 Å². The number of Topliss-reactive ketones (excluding diaryl/α,β-unsaturated/α-hetero) is 1. The number of hydrogen-bond acceptors (Lipinski definition) is 6. The molecule has 0 saturated carbocycles. The fourth-order valence-corrected chi connectivity index (χ4v) is 2.47. The molecule has 0 atom stereocenters. The summed E-state index contributed by atoms with van der Waals surface area (Å²) < 4.78 is 21.5. The minimum absolute atomic E-state index is 0.0228. The van der Waals surface area contributed by atoms with Crippen molar-refractivity contribution in [1.82, 2.24) is 10.2 Å². The average Bonchev–Trinajstić information content (AvgIpc) is 2.52. The van der Waals surface area contributed by atoms with Crippen LogP contribution in [0.4, 0.5) is 0 Å². The molecule has 0 aromatic carbocycles.